The summed E-state index contributed by atoms with van der Waals surface area (Å²) in [5.41, 5.74) is 2.77. The topological polar surface area (TPSA) is 49.8 Å². The minimum Gasteiger partial charge on any atom is -0.508 e. The molecular formula is C22H27NO3. The third-order valence-electron chi connectivity index (χ3n) is 4.92. The molecule has 4 nitrogen and oxygen atoms in total. The first-order valence-electron chi connectivity index (χ1n) is 9.16. The van der Waals surface area contributed by atoms with Crippen molar-refractivity contribution in [2.24, 2.45) is 0 Å². The number of benzene rings is 2. The van der Waals surface area contributed by atoms with Gasteiger partial charge in [-0.05, 0) is 62.8 Å². The lowest BCUT2D eigenvalue weighted by Gasteiger charge is -2.42. The van der Waals surface area contributed by atoms with Crippen LogP contribution >= 0.6 is 0 Å². The van der Waals surface area contributed by atoms with Gasteiger partial charge in [0.05, 0.1) is 0 Å². The van der Waals surface area contributed by atoms with Gasteiger partial charge in [0.15, 0.2) is 0 Å². The fourth-order valence-electron chi connectivity index (χ4n) is 3.75. The molecular weight excluding hydrogens is 326 g/mol. The predicted octanol–water partition coefficient (Wildman–Crippen LogP) is 4.69. The average molecular weight is 353 g/mol. The van der Waals surface area contributed by atoms with E-state index in [0.29, 0.717) is 5.75 Å². The van der Waals surface area contributed by atoms with E-state index in [1.807, 2.05) is 68.1 Å². The molecule has 0 saturated heterocycles. The molecule has 0 bridgehead atoms. The molecule has 1 N–H and O–H groups in total. The molecule has 26 heavy (non-hydrogen) atoms. The number of amides is 1. The lowest BCUT2D eigenvalue weighted by molar-refractivity contribution is 0.0360. The van der Waals surface area contributed by atoms with Crippen LogP contribution in [-0.4, -0.2) is 27.7 Å². The summed E-state index contributed by atoms with van der Waals surface area (Å²) in [6, 6.07) is 15.4. The number of carbonyl (C=O) groups is 1. The number of hydrogen-bond acceptors (Lipinski definition) is 3. The van der Waals surface area contributed by atoms with E-state index < -0.39 is 0 Å². The Morgan fingerprint density at radius 1 is 1.15 bits per heavy atom. The third kappa shape index (κ3) is 4.01. The van der Waals surface area contributed by atoms with E-state index in [4.69, 9.17) is 4.74 Å². The molecule has 0 radical (unpaired) electrons. The van der Waals surface area contributed by atoms with Crippen LogP contribution in [0.1, 0.15) is 43.9 Å². The summed E-state index contributed by atoms with van der Waals surface area (Å²) in [5, 5.41) is 10.1. The first-order chi connectivity index (χ1) is 12.4. The van der Waals surface area contributed by atoms with Crippen LogP contribution in [0.4, 0.5) is 4.79 Å². The average Bonchev–Trinajstić information content (AvgIpc) is 2.60. The predicted molar refractivity (Wildman–Crippen MR) is 102 cm³/mol. The zero-order valence-electron chi connectivity index (χ0n) is 15.7. The fourth-order valence-corrected chi connectivity index (χ4v) is 3.75. The van der Waals surface area contributed by atoms with Crippen LogP contribution in [-0.2, 0) is 24.2 Å². The minimum absolute atomic E-state index is 0.0626. The van der Waals surface area contributed by atoms with Gasteiger partial charge < -0.3 is 14.7 Å². The van der Waals surface area contributed by atoms with Crippen LogP contribution in [0.5, 0.6) is 5.75 Å². The number of nitrogens with zero attached hydrogens (tertiary/aromatic N) is 1. The van der Waals surface area contributed by atoms with Gasteiger partial charge in [0.25, 0.3) is 0 Å². The molecule has 4 heteroatoms. The lowest BCUT2D eigenvalue weighted by atomic mass is 9.85. The maximum atomic E-state index is 12.9. The van der Waals surface area contributed by atoms with Crippen LogP contribution in [0, 0.1) is 0 Å². The van der Waals surface area contributed by atoms with Crippen molar-refractivity contribution < 1.29 is 14.6 Å². The summed E-state index contributed by atoms with van der Waals surface area (Å²) in [7, 11) is 0. The number of ether oxygens (including phenoxy) is 1. The Labute approximate surface area is 155 Å². The van der Waals surface area contributed by atoms with Crippen molar-refractivity contribution in [1.29, 1.82) is 0 Å². The molecule has 0 heterocycles. The smallest absolute Gasteiger partial charge is 0.410 e. The molecule has 0 saturated carbocycles. The molecule has 1 aliphatic carbocycles. The maximum Gasteiger partial charge on any atom is 0.410 e. The van der Waals surface area contributed by atoms with E-state index in [2.05, 4.69) is 0 Å². The maximum absolute atomic E-state index is 12.9. The molecule has 0 spiro atoms. The second kappa shape index (κ2) is 7.40. The van der Waals surface area contributed by atoms with Crippen LogP contribution < -0.4 is 0 Å². The largest absolute Gasteiger partial charge is 0.508 e. The number of carbonyl (C=O) groups excluding carboxylic acids is 1. The molecule has 3 rings (SSSR count). The third-order valence-corrected chi connectivity index (χ3v) is 4.92. The van der Waals surface area contributed by atoms with Gasteiger partial charge in [-0.25, -0.2) is 4.79 Å². The lowest BCUT2D eigenvalue weighted by Crippen LogP contribution is -2.53. The van der Waals surface area contributed by atoms with E-state index >= 15 is 0 Å². The minimum atomic E-state index is -0.341. The van der Waals surface area contributed by atoms with E-state index in [1.165, 1.54) is 0 Å². The molecule has 0 aromatic heterocycles. The summed E-state index contributed by atoms with van der Waals surface area (Å²) in [4.78, 5) is 14.8. The summed E-state index contributed by atoms with van der Waals surface area (Å²) in [6.45, 7) is 6.38. The molecule has 1 amide bonds. The number of rotatable bonds is 3. The van der Waals surface area contributed by atoms with Gasteiger partial charge >= 0.3 is 6.09 Å². The van der Waals surface area contributed by atoms with Crippen molar-refractivity contribution in [1.82, 2.24) is 4.90 Å². The van der Waals surface area contributed by atoms with Crippen LogP contribution in [0.3, 0.4) is 0 Å². The first kappa shape index (κ1) is 18.3. The van der Waals surface area contributed by atoms with E-state index in [1.54, 1.807) is 6.07 Å². The summed E-state index contributed by atoms with van der Waals surface area (Å²) in [6.07, 6.45) is 2.05. The highest BCUT2D eigenvalue weighted by atomic mass is 16.6. The molecule has 0 aliphatic heterocycles. The van der Waals surface area contributed by atoms with Crippen molar-refractivity contribution in [3.05, 3.63) is 65.2 Å². The highest BCUT2D eigenvalue weighted by Gasteiger charge is 2.36. The molecule has 138 valence electrons. The molecule has 1 atom stereocenters. The Hall–Kier alpha value is -2.49. The van der Waals surface area contributed by atoms with Crippen molar-refractivity contribution in [3.8, 4) is 5.75 Å². The standard InChI is InChI=1S/C22H27NO3/c1-22(2,3)23(21(25)26-15-16-8-5-4-6-9-16)18-12-13-19-17(14-18)10-7-11-20(19)24/h4-11,18,24H,12-15H2,1-3H3/t18-/m0/s1. The number of fused-ring (bicyclic) bond motifs is 1. The van der Waals surface area contributed by atoms with Gasteiger partial charge in [-0.2, -0.15) is 0 Å². The Morgan fingerprint density at radius 3 is 2.58 bits per heavy atom. The second-order valence-electron chi connectivity index (χ2n) is 7.89. The first-order valence-corrected chi connectivity index (χ1v) is 9.16. The van der Waals surface area contributed by atoms with Gasteiger partial charge in [0.1, 0.15) is 12.4 Å². The van der Waals surface area contributed by atoms with E-state index in [0.717, 1.165) is 36.0 Å². The number of phenolic OH excluding ortho intramolecular Hbond substituents is 1. The van der Waals surface area contributed by atoms with Crippen molar-refractivity contribution >= 4 is 6.09 Å². The summed E-state index contributed by atoms with van der Waals surface area (Å²) >= 11 is 0. The van der Waals surface area contributed by atoms with Crippen LogP contribution in [0.2, 0.25) is 0 Å². The Morgan fingerprint density at radius 2 is 1.88 bits per heavy atom. The van der Waals surface area contributed by atoms with Crippen molar-refractivity contribution in [2.45, 2.75) is 58.2 Å². The van der Waals surface area contributed by atoms with Crippen molar-refractivity contribution in [2.75, 3.05) is 0 Å². The quantitative estimate of drug-likeness (QED) is 0.871. The molecule has 0 unspecified atom stereocenters. The van der Waals surface area contributed by atoms with Crippen LogP contribution in [0.15, 0.2) is 48.5 Å². The van der Waals surface area contributed by atoms with Crippen LogP contribution in [0.25, 0.3) is 0 Å². The SMILES string of the molecule is CC(C)(C)N(C(=O)OCc1ccccc1)[C@H]1CCc2c(O)cccc2C1. The van der Waals surface area contributed by atoms with Gasteiger partial charge in [0.2, 0.25) is 0 Å². The van der Waals surface area contributed by atoms with Crippen molar-refractivity contribution in [3.63, 3.8) is 0 Å². The van der Waals surface area contributed by atoms with E-state index in [9.17, 15) is 9.90 Å². The molecule has 2 aromatic rings. The highest BCUT2D eigenvalue weighted by Crippen LogP contribution is 2.33. The van der Waals surface area contributed by atoms with Gasteiger partial charge in [-0.3, -0.25) is 0 Å². The number of phenols is 1. The van der Waals surface area contributed by atoms with E-state index in [-0.39, 0.29) is 24.3 Å². The Bertz CT molecular complexity index is 765. The molecule has 0 fully saturated rings. The number of hydrogen-bond donors (Lipinski definition) is 1. The van der Waals surface area contributed by atoms with Gasteiger partial charge in [-0.1, -0.05) is 42.5 Å². The molecule has 1 aliphatic rings. The Balaban J connectivity index is 1.75. The molecule has 2 aromatic carbocycles. The highest BCUT2D eigenvalue weighted by molar-refractivity contribution is 5.69. The monoisotopic (exact) mass is 353 g/mol. The van der Waals surface area contributed by atoms with Gasteiger partial charge in [-0.15, -0.1) is 0 Å². The fraction of sp³-hybridized carbons (Fsp3) is 0.409. The normalized spacial score (nSPS) is 16.7. The second-order valence-corrected chi connectivity index (χ2v) is 7.89. The van der Waals surface area contributed by atoms with Gasteiger partial charge in [0, 0.05) is 11.6 Å². The zero-order chi connectivity index (χ0) is 18.7. The number of aromatic hydroxyl groups is 1. The zero-order valence-corrected chi connectivity index (χ0v) is 15.7. The summed E-state index contributed by atoms with van der Waals surface area (Å²) < 4.78 is 5.62. The summed E-state index contributed by atoms with van der Waals surface area (Å²) in [5.74, 6) is 0.356. The Kier molecular flexibility index (Phi) is 5.21.